The predicted molar refractivity (Wildman–Crippen MR) is 103 cm³/mol. The van der Waals surface area contributed by atoms with Crippen LogP contribution in [0, 0.1) is 0 Å². The van der Waals surface area contributed by atoms with E-state index in [2.05, 4.69) is 5.32 Å². The van der Waals surface area contributed by atoms with Gasteiger partial charge < -0.3 is 14.5 Å². The highest BCUT2D eigenvalue weighted by atomic mass is 35.5. The lowest BCUT2D eigenvalue weighted by Gasteiger charge is -2.15. The summed E-state index contributed by atoms with van der Waals surface area (Å²) in [5.41, 5.74) is 1.34. The van der Waals surface area contributed by atoms with E-state index >= 15 is 0 Å². The average molecular weight is 384 g/mol. The molecule has 138 valence electrons. The molecule has 1 heterocycles. The lowest BCUT2D eigenvalue weighted by Crippen LogP contribution is -2.25. The summed E-state index contributed by atoms with van der Waals surface area (Å²) in [5, 5.41) is 3.59. The number of nitrogens with one attached hydrogen (secondary N) is 1. The average Bonchev–Trinajstić information content (AvgIpc) is 3.19. The molecule has 1 N–H and O–H groups in total. The van der Waals surface area contributed by atoms with Gasteiger partial charge in [-0.3, -0.25) is 4.79 Å². The van der Waals surface area contributed by atoms with Crippen molar-refractivity contribution in [3.05, 3.63) is 88.8 Å². The van der Waals surface area contributed by atoms with Gasteiger partial charge in [0.2, 0.25) is 5.78 Å². The molecule has 1 unspecified atom stereocenters. The van der Waals surface area contributed by atoms with E-state index in [0.717, 1.165) is 5.76 Å². The summed E-state index contributed by atoms with van der Waals surface area (Å²) in [7, 11) is 0. The minimum Gasteiger partial charge on any atom is -0.467 e. The van der Waals surface area contributed by atoms with Crippen LogP contribution in [-0.4, -0.2) is 17.9 Å². The van der Waals surface area contributed by atoms with Crippen molar-refractivity contribution in [2.45, 2.75) is 19.6 Å². The fourth-order valence-electron chi connectivity index (χ4n) is 2.56. The first-order valence-corrected chi connectivity index (χ1v) is 8.78. The van der Waals surface area contributed by atoms with E-state index in [1.54, 1.807) is 61.7 Å². The summed E-state index contributed by atoms with van der Waals surface area (Å²) in [6, 6.07) is 17.1. The fraction of sp³-hybridized carbons (Fsp3) is 0.143. The monoisotopic (exact) mass is 383 g/mol. The molecule has 6 heteroatoms. The summed E-state index contributed by atoms with van der Waals surface area (Å²) in [5.74, 6) is -0.157. The van der Waals surface area contributed by atoms with Crippen LogP contribution in [0.1, 0.15) is 33.4 Å². The minimum atomic E-state index is -0.936. The summed E-state index contributed by atoms with van der Waals surface area (Å²) < 4.78 is 10.7. The molecular formula is C21H18ClNO4. The minimum absolute atomic E-state index is 0.313. The van der Waals surface area contributed by atoms with Gasteiger partial charge in [0.15, 0.2) is 6.10 Å². The molecule has 1 atom stereocenters. The predicted octanol–water partition coefficient (Wildman–Crippen LogP) is 4.97. The van der Waals surface area contributed by atoms with Crippen LogP contribution < -0.4 is 5.32 Å². The van der Waals surface area contributed by atoms with Crippen molar-refractivity contribution in [1.29, 1.82) is 0 Å². The van der Waals surface area contributed by atoms with Crippen LogP contribution in [0.2, 0.25) is 5.02 Å². The Morgan fingerprint density at radius 3 is 2.67 bits per heavy atom. The third kappa shape index (κ3) is 4.77. The standard InChI is InChI=1S/C21H18ClNO4/c1-14(20(24)15-6-4-7-16(22)12-15)27-21(25)18-9-2-3-10-19(18)23-13-17-8-5-11-26-17/h2-12,14,23H,13H2,1H3. The van der Waals surface area contributed by atoms with Gasteiger partial charge in [0.1, 0.15) is 5.76 Å². The molecule has 5 nitrogen and oxygen atoms in total. The number of para-hydroxylation sites is 1. The van der Waals surface area contributed by atoms with Crippen LogP contribution in [-0.2, 0) is 11.3 Å². The fourth-order valence-corrected chi connectivity index (χ4v) is 2.76. The number of ether oxygens (including phenoxy) is 1. The molecular weight excluding hydrogens is 366 g/mol. The third-order valence-electron chi connectivity index (χ3n) is 3.94. The van der Waals surface area contributed by atoms with Gasteiger partial charge in [-0.1, -0.05) is 35.9 Å². The van der Waals surface area contributed by atoms with Crippen LogP contribution in [0.5, 0.6) is 0 Å². The zero-order valence-electron chi connectivity index (χ0n) is 14.6. The molecule has 0 saturated heterocycles. The van der Waals surface area contributed by atoms with E-state index in [-0.39, 0.29) is 5.78 Å². The Kier molecular flexibility index (Phi) is 5.94. The molecule has 1 aromatic heterocycles. The highest BCUT2D eigenvalue weighted by Gasteiger charge is 2.22. The zero-order chi connectivity index (χ0) is 19.2. The highest BCUT2D eigenvalue weighted by molar-refractivity contribution is 6.31. The van der Waals surface area contributed by atoms with Crippen molar-refractivity contribution in [3.63, 3.8) is 0 Å². The van der Waals surface area contributed by atoms with Crippen molar-refractivity contribution in [1.82, 2.24) is 0 Å². The maximum atomic E-state index is 12.6. The number of hydrogen-bond donors (Lipinski definition) is 1. The van der Waals surface area contributed by atoms with Gasteiger partial charge in [-0.15, -0.1) is 0 Å². The number of carbonyl (C=O) groups is 2. The van der Waals surface area contributed by atoms with Crippen molar-refractivity contribution in [3.8, 4) is 0 Å². The largest absolute Gasteiger partial charge is 0.467 e. The lowest BCUT2D eigenvalue weighted by atomic mass is 10.1. The number of ketones is 1. The van der Waals surface area contributed by atoms with Crippen molar-refractivity contribution < 1.29 is 18.7 Å². The van der Waals surface area contributed by atoms with Crippen LogP contribution in [0.25, 0.3) is 0 Å². The van der Waals surface area contributed by atoms with E-state index in [1.807, 2.05) is 12.1 Å². The van der Waals surface area contributed by atoms with Crippen molar-refractivity contribution in [2.75, 3.05) is 5.32 Å². The summed E-state index contributed by atoms with van der Waals surface area (Å²) in [6.45, 7) is 1.97. The molecule has 3 rings (SSSR count). The number of carbonyl (C=O) groups excluding carboxylic acids is 2. The first-order chi connectivity index (χ1) is 13.0. The van der Waals surface area contributed by atoms with Gasteiger partial charge in [-0.05, 0) is 43.3 Å². The number of anilines is 1. The Bertz CT molecular complexity index is 937. The zero-order valence-corrected chi connectivity index (χ0v) is 15.4. The molecule has 0 fully saturated rings. The Balaban J connectivity index is 1.69. The molecule has 0 bridgehead atoms. The summed E-state index contributed by atoms with van der Waals surface area (Å²) >= 11 is 5.92. The van der Waals surface area contributed by atoms with Crippen LogP contribution in [0.3, 0.4) is 0 Å². The van der Waals surface area contributed by atoms with E-state index in [4.69, 9.17) is 20.8 Å². The summed E-state index contributed by atoms with van der Waals surface area (Å²) in [4.78, 5) is 25.0. The van der Waals surface area contributed by atoms with E-state index < -0.39 is 12.1 Å². The molecule has 3 aromatic rings. The number of halogens is 1. The van der Waals surface area contributed by atoms with Crippen LogP contribution >= 0.6 is 11.6 Å². The molecule has 0 amide bonds. The Labute approximate surface area is 161 Å². The van der Waals surface area contributed by atoms with E-state index in [0.29, 0.717) is 28.4 Å². The number of esters is 1. The number of hydrogen-bond acceptors (Lipinski definition) is 5. The second-order valence-electron chi connectivity index (χ2n) is 5.90. The van der Waals surface area contributed by atoms with Gasteiger partial charge >= 0.3 is 5.97 Å². The van der Waals surface area contributed by atoms with Gasteiger partial charge in [-0.2, -0.15) is 0 Å². The molecule has 0 aliphatic heterocycles. The smallest absolute Gasteiger partial charge is 0.340 e. The maximum Gasteiger partial charge on any atom is 0.340 e. The second-order valence-corrected chi connectivity index (χ2v) is 6.34. The molecule has 0 aliphatic rings. The number of furan rings is 1. The normalized spacial score (nSPS) is 11.6. The first kappa shape index (κ1) is 18.7. The maximum absolute atomic E-state index is 12.6. The molecule has 27 heavy (non-hydrogen) atoms. The Morgan fingerprint density at radius 1 is 1.11 bits per heavy atom. The van der Waals surface area contributed by atoms with E-state index in [1.165, 1.54) is 0 Å². The highest BCUT2D eigenvalue weighted by Crippen LogP contribution is 2.19. The van der Waals surface area contributed by atoms with Crippen molar-refractivity contribution >= 4 is 29.0 Å². The van der Waals surface area contributed by atoms with Gasteiger partial charge in [0.05, 0.1) is 18.4 Å². The molecule has 0 aliphatic carbocycles. The van der Waals surface area contributed by atoms with Gasteiger partial charge in [-0.25, -0.2) is 4.79 Å². The van der Waals surface area contributed by atoms with Gasteiger partial charge in [0.25, 0.3) is 0 Å². The quantitative estimate of drug-likeness (QED) is 0.460. The number of Topliss-reactive ketones (excluding diaryl/α,β-unsaturated/α-hetero) is 1. The third-order valence-corrected chi connectivity index (χ3v) is 4.18. The summed E-state index contributed by atoms with van der Waals surface area (Å²) in [6.07, 6.45) is 0.648. The Morgan fingerprint density at radius 2 is 1.93 bits per heavy atom. The Hall–Kier alpha value is -3.05. The van der Waals surface area contributed by atoms with Crippen molar-refractivity contribution in [2.24, 2.45) is 0 Å². The second kappa shape index (κ2) is 8.56. The molecule has 0 radical (unpaired) electrons. The SMILES string of the molecule is CC(OC(=O)c1ccccc1NCc1ccco1)C(=O)c1cccc(Cl)c1. The topological polar surface area (TPSA) is 68.5 Å². The van der Waals surface area contributed by atoms with Crippen LogP contribution in [0.4, 0.5) is 5.69 Å². The first-order valence-electron chi connectivity index (χ1n) is 8.40. The lowest BCUT2D eigenvalue weighted by molar-refractivity contribution is 0.0319. The van der Waals surface area contributed by atoms with Crippen LogP contribution in [0.15, 0.2) is 71.3 Å². The van der Waals surface area contributed by atoms with Gasteiger partial charge in [0, 0.05) is 16.3 Å². The number of rotatable bonds is 7. The molecule has 0 saturated carbocycles. The van der Waals surface area contributed by atoms with E-state index in [9.17, 15) is 9.59 Å². The molecule has 2 aromatic carbocycles. The molecule has 0 spiro atoms. The number of benzene rings is 2.